The van der Waals surface area contributed by atoms with E-state index in [1.54, 1.807) is 0 Å². The van der Waals surface area contributed by atoms with Gasteiger partial charge in [0.2, 0.25) is 0 Å². The van der Waals surface area contributed by atoms with E-state index in [9.17, 15) is 4.57 Å². The Balaban J connectivity index is 2.41. The van der Waals surface area contributed by atoms with Gasteiger partial charge in [-0.1, -0.05) is 34.1 Å². The number of nitriles is 1. The second kappa shape index (κ2) is 18.3. The molecule has 1 heterocycles. The normalized spacial score (nSPS) is 25.3. The second-order valence-corrected chi connectivity index (χ2v) is 12.4. The number of hydrogen-bond acceptors (Lipinski definition) is 10. The maximum atomic E-state index is 13.2. The first-order valence-electron chi connectivity index (χ1n) is 13.0. The van der Waals surface area contributed by atoms with Gasteiger partial charge in [-0.05, 0) is 31.2 Å². The van der Waals surface area contributed by atoms with Crippen molar-refractivity contribution in [2.24, 2.45) is 15.8 Å². The van der Waals surface area contributed by atoms with Crippen molar-refractivity contribution in [1.82, 2.24) is 5.32 Å². The summed E-state index contributed by atoms with van der Waals surface area (Å²) in [5.74, 6) is 1.01. The molecule has 1 aliphatic rings. The predicted molar refractivity (Wildman–Crippen MR) is 132 cm³/mol. The zero-order valence-corrected chi connectivity index (χ0v) is 25.5. The van der Waals surface area contributed by atoms with E-state index >= 15 is 0 Å². The van der Waals surface area contributed by atoms with Crippen LogP contribution < -0.4 is 5.32 Å². The third kappa shape index (κ3) is 12.4. The molecule has 0 aliphatic carbocycles. The molecular weight excluding hydrogens is 528 g/mol. The Labute approximate surface area is 224 Å². The van der Waals surface area contributed by atoms with E-state index in [4.69, 9.17) is 34.2 Å². The molecule has 1 saturated heterocycles. The van der Waals surface area contributed by atoms with Crippen LogP contribution >= 0.6 is 7.82 Å². The fraction of sp³-hybridized carbons (Fsp3) is 0.955. The fourth-order valence-corrected chi connectivity index (χ4v) is 6.77. The van der Waals surface area contributed by atoms with Crippen molar-refractivity contribution >= 4 is 17.6 Å². The van der Waals surface area contributed by atoms with Gasteiger partial charge in [0.25, 0.3) is 0 Å². The minimum absolute atomic E-state index is 0.0508. The van der Waals surface area contributed by atoms with Gasteiger partial charge in [0.1, 0.15) is 0 Å². The van der Waals surface area contributed by atoms with Gasteiger partial charge in [-0.25, -0.2) is 0 Å². The van der Waals surface area contributed by atoms with Crippen molar-refractivity contribution < 1.29 is 50.7 Å². The van der Waals surface area contributed by atoms with Crippen molar-refractivity contribution in [3.8, 4) is 6.07 Å². The minimum atomic E-state index is -3.96. The quantitative estimate of drug-likeness (QED) is 0.0944. The number of phosphoric ester groups is 1. The SMILES string of the molecule is [3H]C1CC(OP(=O)(OCCC#N)OCCNCCC[SiH2]OC(C)(C(C)C)C(C)CC)C(CO[N]=[V])O1. The molecule has 1 N–H and O–H groups in total. The molecule has 0 saturated carbocycles. The van der Waals surface area contributed by atoms with Crippen molar-refractivity contribution in [3.05, 3.63) is 0 Å². The van der Waals surface area contributed by atoms with E-state index in [0.29, 0.717) is 18.4 Å². The summed E-state index contributed by atoms with van der Waals surface area (Å²) in [5.41, 5.74) is -0.0606. The average Bonchev–Trinajstić information content (AvgIpc) is 3.18. The topological polar surface area (TPSA) is 121 Å². The molecule has 0 bridgehead atoms. The predicted octanol–water partition coefficient (Wildman–Crippen LogP) is 3.84. The maximum absolute atomic E-state index is 13.2. The number of nitrogens with one attached hydrogen (secondary N) is 1. The molecule has 0 aromatic rings. The number of phosphoric acid groups is 1. The Kier molecular flexibility index (Phi) is 16.4. The molecule has 1 rings (SSSR count). The van der Waals surface area contributed by atoms with Crippen LogP contribution in [0.5, 0.6) is 0 Å². The summed E-state index contributed by atoms with van der Waals surface area (Å²) in [6.45, 7) is 11.7. The Morgan fingerprint density at radius 1 is 1.37 bits per heavy atom. The van der Waals surface area contributed by atoms with Crippen LogP contribution in [0.2, 0.25) is 6.04 Å². The molecule has 0 spiro atoms. The molecule has 13 heteroatoms. The van der Waals surface area contributed by atoms with E-state index in [1.165, 1.54) is 0 Å². The zero-order valence-electron chi connectivity index (χ0n) is 22.8. The van der Waals surface area contributed by atoms with Crippen molar-refractivity contribution in [2.75, 3.05) is 39.5 Å². The van der Waals surface area contributed by atoms with Crippen LogP contribution in [0, 0.1) is 23.2 Å². The Hall–Kier alpha value is 0.0413. The Morgan fingerprint density at radius 2 is 2.11 bits per heavy atom. The Morgan fingerprint density at radius 3 is 2.77 bits per heavy atom. The van der Waals surface area contributed by atoms with Crippen molar-refractivity contribution in [1.29, 1.82) is 5.26 Å². The van der Waals surface area contributed by atoms with Gasteiger partial charge in [-0.15, -0.1) is 0 Å². The molecule has 0 aromatic heterocycles. The first-order valence-corrected chi connectivity index (χ1v) is 16.1. The summed E-state index contributed by atoms with van der Waals surface area (Å²) < 4.78 is 52.8. The van der Waals surface area contributed by atoms with Gasteiger partial charge in [0.05, 0.1) is 5.60 Å². The van der Waals surface area contributed by atoms with Crippen LogP contribution in [0.15, 0.2) is 3.95 Å². The van der Waals surface area contributed by atoms with E-state index in [2.05, 4.69) is 43.9 Å². The summed E-state index contributed by atoms with van der Waals surface area (Å²) >= 11 is 1.92. The van der Waals surface area contributed by atoms with Gasteiger partial charge in [-0.3, -0.25) is 0 Å². The second-order valence-electron chi connectivity index (χ2n) is 9.07. The first kappa shape index (κ1) is 31.3. The summed E-state index contributed by atoms with van der Waals surface area (Å²) in [7, 11) is -4.58. The zero-order chi connectivity index (χ0) is 27.0. The van der Waals surface area contributed by atoms with E-state index in [1.807, 2.05) is 23.3 Å². The van der Waals surface area contributed by atoms with Crippen molar-refractivity contribution in [2.45, 2.75) is 84.2 Å². The fourth-order valence-electron chi connectivity index (χ4n) is 3.63. The number of hydrogen-bond donors (Lipinski definition) is 1. The molecule has 6 atom stereocenters. The average molecular weight is 575 g/mol. The van der Waals surface area contributed by atoms with Crippen LogP contribution in [-0.2, 0) is 49.4 Å². The number of rotatable bonds is 21. The number of ether oxygens (including phenoxy) is 1. The van der Waals surface area contributed by atoms with Crippen LogP contribution in [0.4, 0.5) is 0 Å². The monoisotopic (exact) mass is 574 g/mol. The third-order valence-corrected chi connectivity index (χ3v) is 9.79. The standard InChI is InChI=1S/C22H44N3O7PSi.V/c1-6-19(4)22(5,18(2)3)32-34-16-8-11-25-12-15-30-33(26,29-13-7-10-23)31-20-9-14-27-21(20)17-28-24;/h18-21,25H,6-9,11-17,34H2,1-5H3;/i14T;. The summed E-state index contributed by atoms with van der Waals surface area (Å²) in [6, 6.07) is 3.01. The molecule has 203 valence electrons. The molecule has 35 heavy (non-hydrogen) atoms. The van der Waals surface area contributed by atoms with Crippen LogP contribution in [0.3, 0.4) is 0 Å². The van der Waals surface area contributed by atoms with E-state index in [-0.39, 0.29) is 38.3 Å². The molecule has 0 amide bonds. The first-order chi connectivity index (χ1) is 17.1. The van der Waals surface area contributed by atoms with Gasteiger partial charge in [0, 0.05) is 0 Å². The summed E-state index contributed by atoms with van der Waals surface area (Å²) in [6.07, 6.45) is 1.02. The van der Waals surface area contributed by atoms with Gasteiger partial charge >= 0.3 is 139 Å². The number of nitrogens with zero attached hydrogens (tertiary/aromatic N) is 2. The molecule has 1 aliphatic heterocycles. The van der Waals surface area contributed by atoms with Crippen LogP contribution in [0.25, 0.3) is 0 Å². The van der Waals surface area contributed by atoms with E-state index < -0.39 is 36.4 Å². The summed E-state index contributed by atoms with van der Waals surface area (Å²) in [4.78, 5) is 4.99. The van der Waals surface area contributed by atoms with Gasteiger partial charge in [0.15, 0.2) is 9.76 Å². The molecule has 10 nitrogen and oxygen atoms in total. The van der Waals surface area contributed by atoms with Crippen LogP contribution in [0.1, 0.15) is 61.7 Å². The van der Waals surface area contributed by atoms with E-state index in [0.717, 1.165) is 25.4 Å². The molecular formula is C22H44N3O7PSiV. The van der Waals surface area contributed by atoms with Gasteiger partial charge < -0.3 is 4.43 Å². The third-order valence-electron chi connectivity index (χ3n) is 6.46. The van der Waals surface area contributed by atoms with Crippen LogP contribution in [-0.4, -0.2) is 67.1 Å². The van der Waals surface area contributed by atoms with Gasteiger partial charge in [-0.2, -0.15) is 0 Å². The summed E-state index contributed by atoms with van der Waals surface area (Å²) in [5, 5.41) is 12.1. The van der Waals surface area contributed by atoms with Crippen molar-refractivity contribution in [3.63, 3.8) is 0 Å². The molecule has 6 unspecified atom stereocenters. The molecule has 0 radical (unpaired) electrons. The Bertz CT molecular complexity index is 724. The molecule has 0 aromatic carbocycles. The molecule has 1 fully saturated rings.